The van der Waals surface area contributed by atoms with Crippen LogP contribution in [0, 0.1) is 0 Å². The third-order valence-electron chi connectivity index (χ3n) is 4.09. The molecule has 148 valence electrons. The van der Waals surface area contributed by atoms with Crippen molar-refractivity contribution in [3.05, 3.63) is 70.7 Å². The van der Waals surface area contributed by atoms with E-state index < -0.39 is 12.0 Å². The lowest BCUT2D eigenvalue weighted by molar-refractivity contribution is -0.141. The number of carbonyl (C=O) groups is 3. The molecule has 0 aliphatic rings. The van der Waals surface area contributed by atoms with Crippen molar-refractivity contribution in [3.63, 3.8) is 0 Å². The van der Waals surface area contributed by atoms with Gasteiger partial charge in [0.05, 0.1) is 26.0 Å². The molecule has 0 saturated heterocycles. The lowest BCUT2D eigenvalue weighted by Crippen LogP contribution is -2.34. The van der Waals surface area contributed by atoms with Gasteiger partial charge >= 0.3 is 5.97 Å². The summed E-state index contributed by atoms with van der Waals surface area (Å²) in [6.07, 6.45) is 0.369. The Morgan fingerprint density at radius 3 is 2.32 bits per heavy atom. The highest BCUT2D eigenvalue weighted by molar-refractivity contribution is 6.30. The number of amides is 2. The predicted molar refractivity (Wildman–Crippen MR) is 107 cm³/mol. The fourth-order valence-electron chi connectivity index (χ4n) is 2.62. The van der Waals surface area contributed by atoms with Gasteiger partial charge in [-0.05, 0) is 23.3 Å². The number of nitrogens with one attached hydrogen (secondary N) is 2. The molecule has 28 heavy (non-hydrogen) atoms. The van der Waals surface area contributed by atoms with Gasteiger partial charge in [-0.25, -0.2) is 0 Å². The van der Waals surface area contributed by atoms with Gasteiger partial charge in [0.25, 0.3) is 0 Å². The van der Waals surface area contributed by atoms with Gasteiger partial charge in [0.2, 0.25) is 11.8 Å². The highest BCUT2D eigenvalue weighted by atomic mass is 35.5. The van der Waals surface area contributed by atoms with Crippen LogP contribution in [0.15, 0.2) is 54.6 Å². The van der Waals surface area contributed by atoms with E-state index in [1.54, 1.807) is 24.3 Å². The average Bonchev–Trinajstić information content (AvgIpc) is 2.68. The summed E-state index contributed by atoms with van der Waals surface area (Å²) in [7, 11) is 1.30. The van der Waals surface area contributed by atoms with E-state index >= 15 is 0 Å². The fraction of sp³-hybridized carbons (Fsp3) is 0.286. The molecule has 0 bridgehead atoms. The molecule has 0 fully saturated rings. The Balaban J connectivity index is 1.84. The van der Waals surface area contributed by atoms with Crippen molar-refractivity contribution >= 4 is 29.4 Å². The van der Waals surface area contributed by atoms with Crippen LogP contribution in [-0.4, -0.2) is 31.4 Å². The molecule has 2 aromatic rings. The van der Waals surface area contributed by atoms with Crippen LogP contribution >= 0.6 is 11.6 Å². The van der Waals surface area contributed by atoms with Gasteiger partial charge in [0.1, 0.15) is 0 Å². The Labute approximate surface area is 169 Å². The number of hydrogen-bond acceptors (Lipinski definition) is 4. The fourth-order valence-corrected chi connectivity index (χ4v) is 2.75. The van der Waals surface area contributed by atoms with Crippen molar-refractivity contribution in [2.24, 2.45) is 0 Å². The zero-order valence-electron chi connectivity index (χ0n) is 15.6. The summed E-state index contributed by atoms with van der Waals surface area (Å²) in [6, 6.07) is 15.7. The minimum atomic E-state index is -0.530. The van der Waals surface area contributed by atoms with Crippen molar-refractivity contribution in [1.82, 2.24) is 10.6 Å². The molecule has 2 amide bonds. The Morgan fingerprint density at radius 1 is 1.00 bits per heavy atom. The smallest absolute Gasteiger partial charge is 0.307 e. The molecule has 0 aliphatic carbocycles. The van der Waals surface area contributed by atoms with E-state index in [0.717, 1.165) is 11.1 Å². The van der Waals surface area contributed by atoms with Crippen LogP contribution in [0.1, 0.15) is 30.0 Å². The van der Waals surface area contributed by atoms with Crippen LogP contribution < -0.4 is 10.6 Å². The summed E-state index contributed by atoms with van der Waals surface area (Å²) >= 11 is 5.89. The predicted octanol–water partition coefficient (Wildman–Crippen LogP) is 2.81. The molecule has 2 aromatic carbocycles. The van der Waals surface area contributed by atoms with E-state index in [2.05, 4.69) is 10.6 Å². The number of rotatable bonds is 9. The molecular weight excluding hydrogens is 380 g/mol. The third kappa shape index (κ3) is 7.40. The van der Waals surface area contributed by atoms with E-state index in [9.17, 15) is 14.4 Å². The summed E-state index contributed by atoms with van der Waals surface area (Å²) in [4.78, 5) is 35.9. The topological polar surface area (TPSA) is 84.5 Å². The van der Waals surface area contributed by atoms with Crippen LogP contribution in [0.3, 0.4) is 0 Å². The zero-order chi connectivity index (χ0) is 20.4. The maximum absolute atomic E-state index is 12.3. The normalized spacial score (nSPS) is 11.4. The summed E-state index contributed by atoms with van der Waals surface area (Å²) in [5.41, 5.74) is 1.65. The number of halogens is 1. The van der Waals surface area contributed by atoms with Gasteiger partial charge in [-0.2, -0.15) is 0 Å². The SMILES string of the molecule is COC(=O)CC(NC(=O)CCNC(=O)Cc1ccccc1)c1ccc(Cl)cc1. The Morgan fingerprint density at radius 2 is 1.68 bits per heavy atom. The van der Waals surface area contributed by atoms with E-state index in [1.165, 1.54) is 7.11 Å². The lowest BCUT2D eigenvalue weighted by atomic mass is 10.0. The standard InChI is InChI=1S/C21H23ClN2O4/c1-28-21(27)14-18(16-7-9-17(22)10-8-16)24-19(25)11-12-23-20(26)13-15-5-3-2-4-6-15/h2-10,18H,11-14H2,1H3,(H,23,26)(H,24,25). The number of hydrogen-bond donors (Lipinski definition) is 2. The van der Waals surface area contributed by atoms with E-state index in [0.29, 0.717) is 5.02 Å². The molecule has 2 rings (SSSR count). The number of esters is 1. The van der Waals surface area contributed by atoms with Gasteiger partial charge in [-0.3, -0.25) is 14.4 Å². The first-order valence-corrected chi connectivity index (χ1v) is 9.28. The third-order valence-corrected chi connectivity index (χ3v) is 4.34. The highest BCUT2D eigenvalue weighted by Crippen LogP contribution is 2.20. The van der Waals surface area contributed by atoms with Crippen LogP contribution in [0.2, 0.25) is 5.02 Å². The summed E-state index contributed by atoms with van der Waals surface area (Å²) in [6.45, 7) is 0.211. The van der Waals surface area contributed by atoms with Crippen molar-refractivity contribution in [3.8, 4) is 0 Å². The molecule has 0 saturated carbocycles. The van der Waals surface area contributed by atoms with Crippen molar-refractivity contribution in [2.75, 3.05) is 13.7 Å². The molecule has 0 aliphatic heterocycles. The molecule has 0 radical (unpaired) electrons. The van der Waals surface area contributed by atoms with Gasteiger partial charge in [-0.1, -0.05) is 54.1 Å². The van der Waals surface area contributed by atoms with Gasteiger partial charge < -0.3 is 15.4 Å². The quantitative estimate of drug-likeness (QED) is 0.631. The second kappa shape index (κ2) is 11.1. The van der Waals surface area contributed by atoms with E-state index in [-0.39, 0.29) is 37.6 Å². The van der Waals surface area contributed by atoms with Crippen LogP contribution in [0.25, 0.3) is 0 Å². The summed E-state index contributed by atoms with van der Waals surface area (Å²) < 4.78 is 4.70. The van der Waals surface area contributed by atoms with E-state index in [4.69, 9.17) is 16.3 Å². The van der Waals surface area contributed by atoms with E-state index in [1.807, 2.05) is 30.3 Å². The van der Waals surface area contributed by atoms with Crippen LogP contribution in [0.4, 0.5) is 0 Å². The number of ether oxygens (including phenoxy) is 1. The summed E-state index contributed by atoms with van der Waals surface area (Å²) in [5, 5.41) is 6.10. The molecule has 0 spiro atoms. The Bertz CT molecular complexity index is 794. The largest absolute Gasteiger partial charge is 0.469 e. The van der Waals surface area contributed by atoms with Gasteiger partial charge in [0, 0.05) is 18.0 Å². The molecule has 1 atom stereocenters. The van der Waals surface area contributed by atoms with Crippen LogP contribution in [0.5, 0.6) is 0 Å². The van der Waals surface area contributed by atoms with Crippen molar-refractivity contribution < 1.29 is 19.1 Å². The molecular formula is C21H23ClN2O4. The molecule has 7 heteroatoms. The Hall–Kier alpha value is -2.86. The molecule has 1 unspecified atom stereocenters. The van der Waals surface area contributed by atoms with Gasteiger partial charge in [-0.15, -0.1) is 0 Å². The van der Waals surface area contributed by atoms with Crippen molar-refractivity contribution in [1.29, 1.82) is 0 Å². The monoisotopic (exact) mass is 402 g/mol. The number of carbonyl (C=O) groups excluding carboxylic acids is 3. The highest BCUT2D eigenvalue weighted by Gasteiger charge is 2.19. The first kappa shape index (κ1) is 21.4. The maximum atomic E-state index is 12.3. The summed E-state index contributed by atoms with van der Waals surface area (Å²) in [5.74, 6) is -0.858. The Kier molecular flexibility index (Phi) is 8.49. The number of benzene rings is 2. The molecule has 0 aromatic heterocycles. The zero-order valence-corrected chi connectivity index (χ0v) is 16.4. The number of methoxy groups -OCH3 is 1. The lowest BCUT2D eigenvalue weighted by Gasteiger charge is -2.18. The van der Waals surface area contributed by atoms with Crippen molar-refractivity contribution in [2.45, 2.75) is 25.3 Å². The second-order valence-corrected chi connectivity index (χ2v) is 6.65. The minimum absolute atomic E-state index is 0.00421. The van der Waals surface area contributed by atoms with Crippen LogP contribution in [-0.2, 0) is 25.5 Å². The average molecular weight is 403 g/mol. The first-order chi connectivity index (χ1) is 13.5. The first-order valence-electron chi connectivity index (χ1n) is 8.90. The molecule has 0 heterocycles. The second-order valence-electron chi connectivity index (χ2n) is 6.21. The molecule has 2 N–H and O–H groups in total. The minimum Gasteiger partial charge on any atom is -0.469 e. The molecule has 6 nitrogen and oxygen atoms in total. The van der Waals surface area contributed by atoms with Gasteiger partial charge in [0.15, 0.2) is 0 Å². The maximum Gasteiger partial charge on any atom is 0.307 e.